The minimum absolute atomic E-state index is 0.0427. The Balaban J connectivity index is 3.01. The first-order chi connectivity index (χ1) is 19.1. The molecule has 18 heteroatoms. The summed E-state index contributed by atoms with van der Waals surface area (Å²) in [5.41, 5.74) is 3.57. The molecule has 7 N–H and O–H groups in total. The Kier molecular flexibility index (Phi) is 17.0. The van der Waals surface area contributed by atoms with Crippen molar-refractivity contribution in [2.24, 2.45) is 0 Å². The molecule has 40 heavy (non-hydrogen) atoms. The lowest BCUT2D eigenvalue weighted by Gasteiger charge is -2.34. The van der Waals surface area contributed by atoms with Crippen molar-refractivity contribution < 1.29 is 62.1 Å². The number of amides is 3. The van der Waals surface area contributed by atoms with Crippen molar-refractivity contribution in [2.75, 3.05) is 66.1 Å². The van der Waals surface area contributed by atoms with Gasteiger partial charge in [0, 0.05) is 0 Å². The van der Waals surface area contributed by atoms with Crippen molar-refractivity contribution in [3.05, 3.63) is 29.8 Å². The van der Waals surface area contributed by atoms with Gasteiger partial charge in [0.1, 0.15) is 18.8 Å². The van der Waals surface area contributed by atoms with Crippen LogP contribution in [-0.2, 0) is 48.1 Å². The molecule has 1 aromatic carbocycles. The lowest BCUT2D eigenvalue weighted by Crippen LogP contribution is -2.58. The zero-order valence-corrected chi connectivity index (χ0v) is 22.7. The summed E-state index contributed by atoms with van der Waals surface area (Å²) in [5.74, 6) is -2.26. The average Bonchev–Trinajstić information content (AvgIpc) is 2.94. The summed E-state index contributed by atoms with van der Waals surface area (Å²) in [4.78, 5) is 33.4. The van der Waals surface area contributed by atoms with Crippen molar-refractivity contribution >= 4 is 27.7 Å². The largest absolute Gasteiger partial charge is 0.379 e. The summed E-state index contributed by atoms with van der Waals surface area (Å²) in [6.45, 7) is -0.529. The molecule has 0 aliphatic heterocycles. The Bertz CT molecular complexity index is 980. The van der Waals surface area contributed by atoms with E-state index in [0.717, 1.165) is 5.56 Å². The van der Waals surface area contributed by atoms with E-state index in [1.165, 1.54) is 28.6 Å². The summed E-state index contributed by atoms with van der Waals surface area (Å²) < 4.78 is 55.9. The molecule has 0 spiro atoms. The van der Waals surface area contributed by atoms with Crippen LogP contribution >= 0.6 is 0 Å². The Morgan fingerprint density at radius 3 is 1.57 bits per heavy atom. The monoisotopic (exact) mass is 596 g/mol. The topological polar surface area (TPSA) is 240 Å². The van der Waals surface area contributed by atoms with Gasteiger partial charge in [0.2, 0.25) is 15.9 Å². The number of sulfonamides is 1. The van der Waals surface area contributed by atoms with E-state index in [2.05, 4.69) is 4.72 Å². The van der Waals surface area contributed by atoms with E-state index >= 15 is 0 Å². The second-order valence-corrected chi connectivity index (χ2v) is 10.00. The number of carbonyl (C=O) groups is 3. The van der Waals surface area contributed by atoms with E-state index in [4.69, 9.17) is 39.3 Å². The fourth-order valence-corrected chi connectivity index (χ4v) is 4.29. The third-order valence-corrected chi connectivity index (χ3v) is 6.47. The van der Waals surface area contributed by atoms with Gasteiger partial charge in [-0.15, -0.1) is 0 Å². The standard InChI is InChI=1S/C22H36N4O13S/c1-17-2-4-18(5-3-17)40(33,34)26-22(14-37-7-6-19(27)23-30,15-38-10-8-35-12-20(28)24-31)16-39-11-9-36-13-21(29)25-32/h2-5,26,30-32H,6-16H2,1H3,(H,23,27)(H,24,28)(H,25,29). The van der Waals surface area contributed by atoms with E-state index in [1.54, 1.807) is 19.1 Å². The first-order valence-electron chi connectivity index (χ1n) is 11.9. The molecule has 0 unspecified atom stereocenters. The SMILES string of the molecule is Cc1ccc(S(=O)(=O)NC(COCCOCC(=O)NO)(COCCOCC(=O)NO)COCCC(=O)NO)cc1. The van der Waals surface area contributed by atoms with Crippen molar-refractivity contribution in [1.82, 2.24) is 21.2 Å². The molecule has 0 saturated carbocycles. The second kappa shape index (κ2) is 19.3. The van der Waals surface area contributed by atoms with Gasteiger partial charge in [-0.2, -0.15) is 4.72 Å². The molecule has 1 rings (SSSR count). The highest BCUT2D eigenvalue weighted by Gasteiger charge is 2.37. The summed E-state index contributed by atoms with van der Waals surface area (Å²) in [6.07, 6.45) is -0.222. The number of ether oxygens (including phenoxy) is 5. The number of hydrogen-bond donors (Lipinski definition) is 7. The maximum atomic E-state index is 13.3. The van der Waals surface area contributed by atoms with Gasteiger partial charge in [0.05, 0.1) is 64.2 Å². The van der Waals surface area contributed by atoms with Gasteiger partial charge in [-0.05, 0) is 19.1 Å². The first-order valence-corrected chi connectivity index (χ1v) is 13.3. The molecule has 0 fully saturated rings. The predicted octanol–water partition coefficient (Wildman–Crippen LogP) is -2.00. The molecule has 0 atom stereocenters. The normalized spacial score (nSPS) is 11.7. The Morgan fingerprint density at radius 1 is 0.700 bits per heavy atom. The number of hydrogen-bond acceptors (Lipinski definition) is 13. The van der Waals surface area contributed by atoms with Crippen LogP contribution in [-0.4, -0.2) is 113 Å². The molecule has 0 saturated heterocycles. The summed E-state index contributed by atoms with van der Waals surface area (Å²) in [5, 5.41) is 25.7. The minimum atomic E-state index is -4.15. The van der Waals surface area contributed by atoms with Crippen LogP contribution in [0, 0.1) is 6.92 Å². The van der Waals surface area contributed by atoms with Gasteiger partial charge in [-0.1, -0.05) is 17.7 Å². The number of rotatable bonds is 22. The van der Waals surface area contributed by atoms with Gasteiger partial charge in [-0.25, -0.2) is 24.9 Å². The number of carbonyl (C=O) groups excluding carboxylic acids is 3. The molecule has 0 bridgehead atoms. The van der Waals surface area contributed by atoms with E-state index in [1.807, 2.05) is 0 Å². The lowest BCUT2D eigenvalue weighted by molar-refractivity contribution is -0.135. The van der Waals surface area contributed by atoms with Crippen molar-refractivity contribution in [3.8, 4) is 0 Å². The maximum absolute atomic E-state index is 13.3. The number of benzene rings is 1. The zero-order chi connectivity index (χ0) is 29.9. The molecule has 3 amide bonds. The Labute approximate surface area is 231 Å². The fourth-order valence-electron chi connectivity index (χ4n) is 2.93. The maximum Gasteiger partial charge on any atom is 0.269 e. The van der Waals surface area contributed by atoms with Crippen LogP contribution < -0.4 is 21.2 Å². The Hall–Kier alpha value is -2.78. The van der Waals surface area contributed by atoms with E-state index < -0.39 is 46.5 Å². The molecular weight excluding hydrogens is 560 g/mol. The van der Waals surface area contributed by atoms with E-state index in [0.29, 0.717) is 0 Å². The van der Waals surface area contributed by atoms with Crippen molar-refractivity contribution in [1.29, 1.82) is 0 Å². The predicted molar refractivity (Wildman–Crippen MR) is 133 cm³/mol. The lowest BCUT2D eigenvalue weighted by atomic mass is 10.1. The molecule has 17 nitrogen and oxygen atoms in total. The first kappa shape index (κ1) is 35.2. The van der Waals surface area contributed by atoms with E-state index in [9.17, 15) is 22.8 Å². The second-order valence-electron chi connectivity index (χ2n) is 8.32. The van der Waals surface area contributed by atoms with Crippen LogP contribution in [0.2, 0.25) is 0 Å². The third-order valence-electron chi connectivity index (χ3n) is 4.88. The molecule has 0 aliphatic carbocycles. The van der Waals surface area contributed by atoms with Crippen LogP contribution in [0.5, 0.6) is 0 Å². The molecule has 0 radical (unpaired) electrons. The third kappa shape index (κ3) is 14.6. The Morgan fingerprint density at radius 2 is 1.12 bits per heavy atom. The van der Waals surface area contributed by atoms with Gasteiger partial charge in [0.25, 0.3) is 11.8 Å². The van der Waals surface area contributed by atoms with Gasteiger partial charge in [0.15, 0.2) is 0 Å². The zero-order valence-electron chi connectivity index (χ0n) is 21.9. The van der Waals surface area contributed by atoms with Crippen LogP contribution in [0.1, 0.15) is 12.0 Å². The number of nitrogens with one attached hydrogen (secondary N) is 4. The highest BCUT2D eigenvalue weighted by molar-refractivity contribution is 7.89. The summed E-state index contributed by atoms with van der Waals surface area (Å²) in [7, 11) is -4.15. The highest BCUT2D eigenvalue weighted by Crippen LogP contribution is 2.17. The van der Waals surface area contributed by atoms with Crippen LogP contribution in [0.15, 0.2) is 29.2 Å². The van der Waals surface area contributed by atoms with Gasteiger partial charge in [-0.3, -0.25) is 30.0 Å². The van der Waals surface area contributed by atoms with Crippen LogP contribution in [0.3, 0.4) is 0 Å². The van der Waals surface area contributed by atoms with E-state index in [-0.39, 0.29) is 64.2 Å². The molecular formula is C22H36N4O13S. The molecule has 228 valence electrons. The smallest absolute Gasteiger partial charge is 0.269 e. The molecule has 0 aliphatic rings. The molecule has 0 heterocycles. The molecule has 1 aromatic rings. The number of hydroxylamine groups is 3. The van der Waals surface area contributed by atoms with Gasteiger partial charge < -0.3 is 23.7 Å². The highest BCUT2D eigenvalue weighted by atomic mass is 32.2. The van der Waals surface area contributed by atoms with Gasteiger partial charge >= 0.3 is 0 Å². The fraction of sp³-hybridized carbons (Fsp3) is 0.591. The van der Waals surface area contributed by atoms with Crippen LogP contribution in [0.25, 0.3) is 0 Å². The van der Waals surface area contributed by atoms with Crippen molar-refractivity contribution in [3.63, 3.8) is 0 Å². The minimum Gasteiger partial charge on any atom is -0.379 e. The summed E-state index contributed by atoms with van der Waals surface area (Å²) >= 11 is 0. The van der Waals surface area contributed by atoms with Crippen molar-refractivity contribution in [2.45, 2.75) is 23.8 Å². The quantitative estimate of drug-likeness (QED) is 0.0436. The van der Waals surface area contributed by atoms with Crippen LogP contribution in [0.4, 0.5) is 0 Å². The average molecular weight is 597 g/mol. The molecule has 0 aromatic heterocycles. The number of aryl methyl sites for hydroxylation is 1. The summed E-state index contributed by atoms with van der Waals surface area (Å²) in [6, 6.07) is 6.06.